The average molecular weight is 1060 g/mol. The second-order valence-corrected chi connectivity index (χ2v) is 26.2. The molecule has 12 nitrogen and oxygen atoms in total. The maximum absolute atomic E-state index is 14.5. The lowest BCUT2D eigenvalue weighted by Crippen LogP contribution is -2.61. The first kappa shape index (κ1) is 58.2. The number of nitrogens with one attached hydrogen (secondary N) is 2. The van der Waals surface area contributed by atoms with E-state index in [4.69, 9.17) is 16.3 Å². The smallest absolute Gasteiger partial charge is 0.227 e. The van der Waals surface area contributed by atoms with Gasteiger partial charge in [0.25, 0.3) is 0 Å². The van der Waals surface area contributed by atoms with Crippen LogP contribution in [-0.2, 0) is 30.4 Å². The van der Waals surface area contributed by atoms with Crippen LogP contribution in [0.3, 0.4) is 0 Å². The zero-order valence-electron chi connectivity index (χ0n) is 44.6. The molecule has 0 aromatic heterocycles. The molecular formula is C57H87ClN4O8S2. The van der Waals surface area contributed by atoms with Crippen LogP contribution in [0.1, 0.15) is 169 Å². The summed E-state index contributed by atoms with van der Waals surface area (Å²) in [5, 5.41) is 29.5. The van der Waals surface area contributed by atoms with Crippen LogP contribution in [0, 0.1) is 40.9 Å². The van der Waals surface area contributed by atoms with Crippen LogP contribution >= 0.6 is 33.2 Å². The number of anilines is 1. The van der Waals surface area contributed by atoms with E-state index in [0.29, 0.717) is 41.5 Å². The van der Waals surface area contributed by atoms with Gasteiger partial charge < -0.3 is 35.4 Å². The third-order valence-corrected chi connectivity index (χ3v) is 20.9. The number of hydrogen-bond donors (Lipinski definition) is 4. The van der Waals surface area contributed by atoms with E-state index in [9.17, 15) is 34.2 Å². The number of allylic oxidation sites excluding steroid dienone is 3. The van der Waals surface area contributed by atoms with E-state index in [1.165, 1.54) is 82.3 Å². The number of carbonyl (C=O) groups is 5. The molecule has 4 fully saturated rings. The molecule has 6 bridgehead atoms. The van der Waals surface area contributed by atoms with Gasteiger partial charge in [0.15, 0.2) is 11.5 Å². The second kappa shape index (κ2) is 26.6. The van der Waals surface area contributed by atoms with Crippen molar-refractivity contribution in [1.29, 1.82) is 0 Å². The molecule has 2 aliphatic heterocycles. The number of Topliss-reactive ketones (excluding diaryl/α,β-unsaturated/α-hetero) is 1. The van der Waals surface area contributed by atoms with Gasteiger partial charge in [-0.05, 0) is 111 Å². The van der Waals surface area contributed by atoms with Gasteiger partial charge >= 0.3 is 0 Å². The quantitative estimate of drug-likeness (QED) is 0.104. The molecule has 1 aromatic carbocycles. The van der Waals surface area contributed by atoms with Gasteiger partial charge in [0.05, 0.1) is 18.8 Å². The monoisotopic (exact) mass is 1050 g/mol. The lowest BCUT2D eigenvalue weighted by atomic mass is 9.73. The molecule has 72 heavy (non-hydrogen) atoms. The van der Waals surface area contributed by atoms with Gasteiger partial charge in [-0.15, -0.1) is 0 Å². The van der Waals surface area contributed by atoms with E-state index >= 15 is 0 Å². The van der Waals surface area contributed by atoms with E-state index < -0.39 is 29.2 Å². The van der Waals surface area contributed by atoms with E-state index in [2.05, 4.69) is 31.4 Å². The molecule has 6 rings (SSSR count). The maximum Gasteiger partial charge on any atom is 0.227 e. The molecule has 5 aliphatic rings. The standard InChI is InChI=1S/C57H87ClN4O8S2/c1-36-14-12-19-50(64)57(69)34-43(31-52(66)60-57)38(3)46-35-56(46,5)44(33-54(68)62(7)47-29-42(28-36)30-49(70-8)55(47)58)32-48(63)39(4)61(6)53(67)26-27-71-72-37(2)20-25-51(65)59-45-18-13-17-40-15-10-9-11-16-41(22-21-40)23-24-45/h12,14,19,29-30,37-41,43-46,50,64,69H,9-11,13,15-18,20-28,31-35H2,1-8H3,(H,59,65)(H,60,66)/b19-12+,36-14+/t37?,38-,39+,40?,41?,43+,44+,45?,46+,50-,56+,57+/m1/s1. The number of ketones is 1. The Labute approximate surface area is 444 Å². The SMILES string of the molecule is COc1cc2cc(c1Cl)N(C)C(=O)C[C@H](CC(=O)[C@H](C)N(C)C(=O)CCSSC(C)CCC(=O)NC1CCCC3CCCCCC(CC3)CC1)[C@]1(C)C[C@H]1[C@H](C)[C@H]1CC(=O)N[C@](O)(C1)[C@H](O)/C=C/C=C(\C)C2. The van der Waals surface area contributed by atoms with Gasteiger partial charge in [0.1, 0.15) is 16.9 Å². The third kappa shape index (κ3) is 15.8. The summed E-state index contributed by atoms with van der Waals surface area (Å²) in [4.78, 5) is 71.9. The molecule has 4 amide bonds. The van der Waals surface area contributed by atoms with Crippen molar-refractivity contribution in [2.24, 2.45) is 40.9 Å². The van der Waals surface area contributed by atoms with Crippen LogP contribution in [0.15, 0.2) is 35.9 Å². The van der Waals surface area contributed by atoms with Gasteiger partial charge in [-0.2, -0.15) is 0 Å². The number of fused-ring (bicyclic) bond motifs is 8. The number of methoxy groups -OCH3 is 1. The van der Waals surface area contributed by atoms with E-state index in [1.807, 2.05) is 25.1 Å². The molecule has 4 unspecified atom stereocenters. The van der Waals surface area contributed by atoms with Gasteiger partial charge in [0, 0.05) is 69.7 Å². The highest BCUT2D eigenvalue weighted by molar-refractivity contribution is 8.76. The topological polar surface area (TPSA) is 166 Å². The number of piperidine rings is 1. The van der Waals surface area contributed by atoms with Crippen LogP contribution in [0.25, 0.3) is 0 Å². The van der Waals surface area contributed by atoms with Crippen molar-refractivity contribution < 1.29 is 38.9 Å². The predicted molar refractivity (Wildman–Crippen MR) is 293 cm³/mol. The zero-order valence-corrected chi connectivity index (χ0v) is 47.0. The molecule has 1 aromatic rings. The minimum atomic E-state index is -1.86. The molecule has 12 atom stereocenters. The highest BCUT2D eigenvalue weighted by Crippen LogP contribution is 2.64. The van der Waals surface area contributed by atoms with Crippen LogP contribution in [0.5, 0.6) is 5.75 Å². The highest BCUT2D eigenvalue weighted by atomic mass is 35.5. The first-order valence-electron chi connectivity index (χ1n) is 27.3. The zero-order chi connectivity index (χ0) is 52.3. The average Bonchev–Trinajstić information content (AvgIpc) is 4.01. The molecule has 3 saturated carbocycles. The molecule has 0 spiro atoms. The number of amides is 4. The summed E-state index contributed by atoms with van der Waals surface area (Å²) in [6, 6.07) is 3.24. The number of benzene rings is 1. The Bertz CT molecular complexity index is 2120. The Kier molecular flexibility index (Phi) is 21.5. The molecule has 15 heteroatoms. The summed E-state index contributed by atoms with van der Waals surface area (Å²) in [5.41, 5.74) is -0.0850. The fraction of sp³-hybridized carbons (Fsp3) is 0.737. The summed E-state index contributed by atoms with van der Waals surface area (Å²) in [5.74, 6) is 1.25. The number of aliphatic hydroxyl groups is 2. The number of aliphatic hydroxyl groups excluding tert-OH is 1. The number of rotatable bonds is 14. The van der Waals surface area contributed by atoms with Crippen molar-refractivity contribution in [3.8, 4) is 5.75 Å². The minimum Gasteiger partial charge on any atom is -0.495 e. The van der Waals surface area contributed by atoms with Gasteiger partial charge in [-0.1, -0.05) is 136 Å². The third-order valence-electron chi connectivity index (χ3n) is 17.6. The fourth-order valence-electron chi connectivity index (χ4n) is 12.4. The van der Waals surface area contributed by atoms with Gasteiger partial charge in [0.2, 0.25) is 23.6 Å². The summed E-state index contributed by atoms with van der Waals surface area (Å²) < 4.78 is 5.65. The normalized spacial score (nSPS) is 32.8. The molecular weight excluding hydrogens is 968 g/mol. The summed E-state index contributed by atoms with van der Waals surface area (Å²) in [6.07, 6.45) is 22.2. The van der Waals surface area contributed by atoms with Crippen molar-refractivity contribution in [3.05, 3.63) is 46.5 Å². The van der Waals surface area contributed by atoms with E-state index in [0.717, 1.165) is 42.2 Å². The molecule has 3 aliphatic carbocycles. The maximum atomic E-state index is 14.5. The molecule has 0 radical (unpaired) electrons. The number of nitrogens with zero attached hydrogens (tertiary/aromatic N) is 2. The van der Waals surface area contributed by atoms with Crippen LogP contribution < -0.4 is 20.3 Å². The molecule has 1 saturated heterocycles. The summed E-state index contributed by atoms with van der Waals surface area (Å²) in [7, 11) is 8.21. The van der Waals surface area contributed by atoms with Gasteiger partial charge in [-0.25, -0.2) is 0 Å². The van der Waals surface area contributed by atoms with Crippen LogP contribution in [-0.4, -0.2) is 101 Å². The molecule has 4 N–H and O–H groups in total. The predicted octanol–water partition coefficient (Wildman–Crippen LogP) is 10.8. The van der Waals surface area contributed by atoms with Crippen molar-refractivity contribution in [1.82, 2.24) is 15.5 Å². The Morgan fingerprint density at radius 3 is 2.40 bits per heavy atom. The Morgan fingerprint density at radius 1 is 0.986 bits per heavy atom. The van der Waals surface area contributed by atoms with Crippen molar-refractivity contribution in [3.63, 3.8) is 0 Å². The minimum absolute atomic E-state index is 0.0244. The first-order valence-corrected chi connectivity index (χ1v) is 30.0. The first-order chi connectivity index (χ1) is 34.2. The lowest BCUT2D eigenvalue weighted by molar-refractivity contribution is -0.152. The molecule has 402 valence electrons. The number of ether oxygens (including phenoxy) is 1. The number of carbonyl (C=O) groups excluding carboxylic acids is 5. The number of hydrogen-bond acceptors (Lipinski definition) is 10. The summed E-state index contributed by atoms with van der Waals surface area (Å²) >= 11 is 6.88. The second-order valence-electron chi connectivity index (χ2n) is 22.9. The van der Waals surface area contributed by atoms with Crippen molar-refractivity contribution in [2.75, 3.05) is 31.9 Å². The van der Waals surface area contributed by atoms with Crippen molar-refractivity contribution >= 4 is 68.3 Å². The van der Waals surface area contributed by atoms with Crippen LogP contribution in [0.2, 0.25) is 5.02 Å². The largest absolute Gasteiger partial charge is 0.495 e. The number of halogens is 1. The lowest BCUT2D eigenvalue weighted by Gasteiger charge is -2.42. The summed E-state index contributed by atoms with van der Waals surface area (Å²) in [6.45, 7) is 9.99. The van der Waals surface area contributed by atoms with Gasteiger partial charge in [-0.3, -0.25) is 24.0 Å². The van der Waals surface area contributed by atoms with Crippen molar-refractivity contribution in [2.45, 2.75) is 199 Å². The van der Waals surface area contributed by atoms with E-state index in [-0.39, 0.29) is 90.6 Å². The van der Waals surface area contributed by atoms with Crippen LogP contribution in [0.4, 0.5) is 5.69 Å². The highest BCUT2D eigenvalue weighted by Gasteiger charge is 2.60. The molecule has 2 heterocycles. The Morgan fingerprint density at radius 2 is 1.68 bits per heavy atom. The number of likely N-dealkylation sites (N-methyl/N-ethyl adjacent to an activating group) is 1. The fourth-order valence-corrected chi connectivity index (χ4v) is 15.0. The van der Waals surface area contributed by atoms with E-state index in [1.54, 1.807) is 53.6 Å². The Hall–Kier alpha value is -3.04. The Balaban J connectivity index is 1.05.